The molecule has 6 heteroatoms. The van der Waals surface area contributed by atoms with Crippen LogP contribution in [0.2, 0.25) is 0 Å². The van der Waals surface area contributed by atoms with Gasteiger partial charge in [0.25, 0.3) is 0 Å². The average molecular weight is 503 g/mol. The van der Waals surface area contributed by atoms with Gasteiger partial charge in [0.05, 0.1) is 10.7 Å². The molecule has 2 aliphatic rings. The van der Waals surface area contributed by atoms with Crippen molar-refractivity contribution in [3.8, 4) is 11.3 Å². The predicted octanol–water partition coefficient (Wildman–Crippen LogP) is 6.69. The number of thiazole rings is 1. The second-order valence-corrected chi connectivity index (χ2v) is 12.6. The van der Waals surface area contributed by atoms with Crippen LogP contribution in [0, 0.1) is 0 Å². The molecule has 0 radical (unpaired) electrons. The van der Waals surface area contributed by atoms with E-state index in [2.05, 4.69) is 61.6 Å². The van der Waals surface area contributed by atoms with Crippen LogP contribution in [0.4, 0.5) is 4.79 Å². The summed E-state index contributed by atoms with van der Waals surface area (Å²) >= 11 is 1.77. The summed E-state index contributed by atoms with van der Waals surface area (Å²) in [6.45, 7) is 11.7. The normalized spacial score (nSPS) is 19.1. The Bertz CT molecular complexity index is 1210. The molecule has 0 saturated carbocycles. The number of rotatable bonds is 5. The van der Waals surface area contributed by atoms with Gasteiger partial charge in [0.2, 0.25) is 0 Å². The molecule has 2 aromatic heterocycles. The van der Waals surface area contributed by atoms with E-state index in [4.69, 9.17) is 4.98 Å². The smallest absolute Gasteiger partial charge is 0.317 e. The van der Waals surface area contributed by atoms with Crippen LogP contribution in [-0.4, -0.2) is 40.5 Å². The molecule has 36 heavy (non-hydrogen) atoms. The maximum Gasteiger partial charge on any atom is 0.317 e. The number of benzene rings is 1. The molecule has 0 atom stereocenters. The van der Waals surface area contributed by atoms with Crippen molar-refractivity contribution in [1.82, 2.24) is 20.2 Å². The highest BCUT2D eigenvalue weighted by Gasteiger charge is 2.37. The van der Waals surface area contributed by atoms with Crippen LogP contribution in [0.5, 0.6) is 0 Å². The van der Waals surface area contributed by atoms with Crippen molar-refractivity contribution in [2.45, 2.75) is 76.5 Å². The lowest BCUT2D eigenvalue weighted by atomic mass is 9.63. The van der Waals surface area contributed by atoms with Gasteiger partial charge in [0.1, 0.15) is 0 Å². The average Bonchev–Trinajstić information content (AvgIpc) is 3.38. The summed E-state index contributed by atoms with van der Waals surface area (Å²) in [6, 6.07) is 12.9. The van der Waals surface area contributed by atoms with Gasteiger partial charge in [-0.15, -0.1) is 11.3 Å². The van der Waals surface area contributed by atoms with Crippen molar-refractivity contribution in [1.29, 1.82) is 0 Å². The van der Waals surface area contributed by atoms with E-state index in [9.17, 15) is 4.79 Å². The number of likely N-dealkylation sites (tertiary alicyclic amines) is 1. The van der Waals surface area contributed by atoms with Crippen molar-refractivity contribution in [2.75, 3.05) is 19.6 Å². The lowest BCUT2D eigenvalue weighted by molar-refractivity contribution is 0.181. The van der Waals surface area contributed by atoms with Crippen molar-refractivity contribution in [2.24, 2.45) is 0 Å². The number of aromatic nitrogens is 2. The van der Waals surface area contributed by atoms with Crippen LogP contribution < -0.4 is 5.32 Å². The summed E-state index contributed by atoms with van der Waals surface area (Å²) in [5.41, 5.74) is 6.72. The summed E-state index contributed by atoms with van der Waals surface area (Å²) in [6.07, 6.45) is 6.92. The Labute approximate surface area is 219 Å². The van der Waals surface area contributed by atoms with Crippen LogP contribution in [0.15, 0.2) is 48.0 Å². The SMILES string of the molecule is CC1(C)CCC(C)(C)c2cc(-c3csc(C4CCN(C(=O)NCCc5ccccn5)CC4)n3)ccc21. The Morgan fingerprint density at radius 3 is 2.53 bits per heavy atom. The van der Waals surface area contributed by atoms with E-state index >= 15 is 0 Å². The minimum atomic E-state index is 0.0313. The quantitative estimate of drug-likeness (QED) is 0.423. The van der Waals surface area contributed by atoms with Gasteiger partial charge < -0.3 is 10.2 Å². The third-order valence-electron chi connectivity index (χ3n) is 8.19. The topological polar surface area (TPSA) is 58.1 Å². The molecule has 1 aromatic carbocycles. The lowest BCUT2D eigenvalue weighted by Gasteiger charge is -2.42. The van der Waals surface area contributed by atoms with Gasteiger partial charge in [0, 0.05) is 54.8 Å². The number of pyridine rings is 1. The van der Waals surface area contributed by atoms with Gasteiger partial charge in [-0.05, 0) is 65.8 Å². The first-order chi connectivity index (χ1) is 17.2. The highest BCUT2D eigenvalue weighted by atomic mass is 32.1. The molecular formula is C30H38N4OS. The zero-order chi connectivity index (χ0) is 25.3. The van der Waals surface area contributed by atoms with Crippen LogP contribution in [0.3, 0.4) is 0 Å². The Morgan fingerprint density at radius 2 is 1.81 bits per heavy atom. The summed E-state index contributed by atoms with van der Waals surface area (Å²) in [5.74, 6) is 0.425. The van der Waals surface area contributed by atoms with E-state index in [0.29, 0.717) is 12.5 Å². The molecule has 1 aliphatic heterocycles. The van der Waals surface area contributed by atoms with Crippen LogP contribution in [0.1, 0.15) is 81.1 Å². The Hall–Kier alpha value is -2.73. The van der Waals surface area contributed by atoms with Gasteiger partial charge in [-0.2, -0.15) is 0 Å². The number of fused-ring (bicyclic) bond motifs is 1. The van der Waals surface area contributed by atoms with Crippen molar-refractivity contribution in [3.05, 3.63) is 69.8 Å². The van der Waals surface area contributed by atoms with E-state index < -0.39 is 0 Å². The zero-order valence-electron chi connectivity index (χ0n) is 22.0. The van der Waals surface area contributed by atoms with Crippen molar-refractivity contribution >= 4 is 17.4 Å². The second kappa shape index (κ2) is 9.97. The molecule has 0 bridgehead atoms. The standard InChI is InChI=1S/C30H38N4OS/c1-29(2)13-14-30(3,4)25-19-22(8-9-24(25)29)26-20-36-27(33-26)21-11-17-34(18-12-21)28(35)32-16-10-23-7-5-6-15-31-23/h5-9,15,19-21H,10-14,16-18H2,1-4H3,(H,32,35). The molecule has 1 aliphatic carbocycles. The maximum absolute atomic E-state index is 12.6. The Kier molecular flexibility index (Phi) is 6.90. The molecule has 190 valence electrons. The predicted molar refractivity (Wildman–Crippen MR) is 148 cm³/mol. The van der Waals surface area contributed by atoms with Crippen LogP contribution in [0.25, 0.3) is 11.3 Å². The number of piperidine rings is 1. The second-order valence-electron chi connectivity index (χ2n) is 11.7. The Morgan fingerprint density at radius 1 is 1.06 bits per heavy atom. The molecular weight excluding hydrogens is 464 g/mol. The third kappa shape index (κ3) is 5.19. The van der Waals surface area contributed by atoms with Crippen LogP contribution in [-0.2, 0) is 17.3 Å². The fourth-order valence-electron chi connectivity index (χ4n) is 5.64. The maximum atomic E-state index is 12.6. The van der Waals surface area contributed by atoms with Gasteiger partial charge in [0.15, 0.2) is 0 Å². The zero-order valence-corrected chi connectivity index (χ0v) is 22.8. The number of urea groups is 1. The molecule has 1 saturated heterocycles. The van der Waals surface area contributed by atoms with Crippen LogP contribution >= 0.6 is 11.3 Å². The highest BCUT2D eigenvalue weighted by molar-refractivity contribution is 7.10. The van der Waals surface area contributed by atoms with E-state index in [1.165, 1.54) is 34.5 Å². The molecule has 3 aromatic rings. The minimum Gasteiger partial charge on any atom is -0.338 e. The number of carbonyl (C=O) groups excluding carboxylic acids is 1. The summed E-state index contributed by atoms with van der Waals surface area (Å²) < 4.78 is 0. The van der Waals surface area contributed by atoms with Gasteiger partial charge in [-0.1, -0.05) is 45.9 Å². The van der Waals surface area contributed by atoms with Gasteiger partial charge in [-0.25, -0.2) is 9.78 Å². The number of carbonyl (C=O) groups is 1. The Balaban J connectivity index is 1.19. The summed E-state index contributed by atoms with van der Waals surface area (Å²) in [7, 11) is 0. The fourth-order valence-corrected chi connectivity index (χ4v) is 6.64. The highest BCUT2D eigenvalue weighted by Crippen LogP contribution is 2.47. The molecule has 1 fully saturated rings. The monoisotopic (exact) mass is 502 g/mol. The molecule has 5 rings (SSSR count). The first kappa shape index (κ1) is 24.9. The first-order valence-electron chi connectivity index (χ1n) is 13.3. The van der Waals surface area contributed by atoms with Crippen molar-refractivity contribution < 1.29 is 4.79 Å². The number of nitrogens with one attached hydrogen (secondary N) is 1. The van der Waals surface area contributed by atoms with E-state index in [-0.39, 0.29) is 16.9 Å². The largest absolute Gasteiger partial charge is 0.338 e. The molecule has 0 spiro atoms. The number of amides is 2. The number of nitrogens with zero attached hydrogens (tertiary/aromatic N) is 3. The van der Waals surface area contributed by atoms with Crippen molar-refractivity contribution in [3.63, 3.8) is 0 Å². The minimum absolute atomic E-state index is 0.0313. The van der Waals surface area contributed by atoms with E-state index in [0.717, 1.165) is 43.7 Å². The molecule has 1 N–H and O–H groups in total. The molecule has 0 unspecified atom stereocenters. The third-order valence-corrected chi connectivity index (χ3v) is 9.19. The van der Waals surface area contributed by atoms with Gasteiger partial charge in [-0.3, -0.25) is 4.98 Å². The molecule has 3 heterocycles. The fraction of sp³-hybridized carbons (Fsp3) is 0.500. The number of hydrogen-bond donors (Lipinski definition) is 1. The first-order valence-corrected chi connectivity index (χ1v) is 14.1. The van der Waals surface area contributed by atoms with E-state index in [1.807, 2.05) is 23.1 Å². The van der Waals surface area contributed by atoms with E-state index in [1.54, 1.807) is 17.5 Å². The molecule has 5 nitrogen and oxygen atoms in total. The lowest BCUT2D eigenvalue weighted by Crippen LogP contribution is -2.44. The molecule has 2 amide bonds. The number of hydrogen-bond acceptors (Lipinski definition) is 4. The summed E-state index contributed by atoms with van der Waals surface area (Å²) in [4.78, 5) is 24.0. The summed E-state index contributed by atoms with van der Waals surface area (Å²) in [5, 5.41) is 6.48. The van der Waals surface area contributed by atoms with Gasteiger partial charge >= 0.3 is 6.03 Å².